The van der Waals surface area contributed by atoms with Gasteiger partial charge in [-0.1, -0.05) is 6.07 Å². The van der Waals surface area contributed by atoms with Crippen LogP contribution in [0.5, 0.6) is 0 Å². The number of nitrogens with one attached hydrogen (secondary N) is 1. The van der Waals surface area contributed by atoms with Crippen LogP contribution in [0.15, 0.2) is 17.5 Å². The number of primary amides is 1. The van der Waals surface area contributed by atoms with Crippen molar-refractivity contribution in [1.82, 2.24) is 0 Å². The van der Waals surface area contributed by atoms with Crippen LogP contribution in [0.2, 0.25) is 0 Å². The van der Waals surface area contributed by atoms with Crippen LogP contribution in [-0.2, 0) is 11.2 Å². The summed E-state index contributed by atoms with van der Waals surface area (Å²) in [5.74, 6) is -0.639. The van der Waals surface area contributed by atoms with Gasteiger partial charge in [0.25, 0.3) is 5.91 Å². The Labute approximate surface area is 119 Å². The van der Waals surface area contributed by atoms with Gasteiger partial charge in [-0.25, -0.2) is 0 Å². The first kappa shape index (κ1) is 13.8. The Morgan fingerprint density at radius 1 is 1.37 bits per heavy atom. The highest BCUT2D eigenvalue weighted by atomic mass is 32.1. The molecule has 2 aromatic rings. The summed E-state index contributed by atoms with van der Waals surface area (Å²) >= 11 is 2.91. The van der Waals surface area contributed by atoms with Gasteiger partial charge in [0.2, 0.25) is 5.91 Å². The Bertz CT molecular complexity index is 615. The molecule has 19 heavy (non-hydrogen) atoms. The molecule has 100 valence electrons. The van der Waals surface area contributed by atoms with E-state index in [4.69, 9.17) is 5.73 Å². The quantitative estimate of drug-likeness (QED) is 0.910. The largest absolute Gasteiger partial charge is 0.365 e. The van der Waals surface area contributed by atoms with E-state index in [1.165, 1.54) is 22.7 Å². The molecule has 2 amide bonds. The fraction of sp³-hybridized carbons (Fsp3) is 0.231. The van der Waals surface area contributed by atoms with Crippen LogP contribution in [0, 0.1) is 13.8 Å². The highest BCUT2D eigenvalue weighted by molar-refractivity contribution is 7.16. The lowest BCUT2D eigenvalue weighted by molar-refractivity contribution is -0.115. The molecule has 0 aliphatic heterocycles. The van der Waals surface area contributed by atoms with Gasteiger partial charge in [-0.2, -0.15) is 0 Å². The van der Waals surface area contributed by atoms with Crippen molar-refractivity contribution < 1.29 is 9.59 Å². The van der Waals surface area contributed by atoms with E-state index < -0.39 is 5.91 Å². The molecule has 0 aliphatic carbocycles. The molecule has 0 atom stereocenters. The zero-order chi connectivity index (χ0) is 14.0. The minimum absolute atomic E-state index is 0.133. The Morgan fingerprint density at radius 3 is 2.68 bits per heavy atom. The maximum absolute atomic E-state index is 11.9. The fourth-order valence-electron chi connectivity index (χ4n) is 1.75. The van der Waals surface area contributed by atoms with E-state index in [0.29, 0.717) is 17.0 Å². The normalized spacial score (nSPS) is 10.4. The molecule has 2 aromatic heterocycles. The first-order valence-electron chi connectivity index (χ1n) is 5.71. The van der Waals surface area contributed by atoms with E-state index in [-0.39, 0.29) is 5.91 Å². The van der Waals surface area contributed by atoms with Gasteiger partial charge in [0.15, 0.2) is 0 Å². The number of carbonyl (C=O) groups excluding carboxylic acids is 2. The summed E-state index contributed by atoms with van der Waals surface area (Å²) in [6, 6.07) is 3.81. The second-order valence-corrected chi connectivity index (χ2v) is 6.41. The van der Waals surface area contributed by atoms with Crippen LogP contribution < -0.4 is 11.1 Å². The third-order valence-corrected chi connectivity index (χ3v) is 4.80. The maximum atomic E-state index is 11.9. The molecule has 6 heteroatoms. The molecule has 0 unspecified atom stereocenters. The lowest BCUT2D eigenvalue weighted by atomic mass is 10.1. The van der Waals surface area contributed by atoms with Gasteiger partial charge in [-0.3, -0.25) is 9.59 Å². The van der Waals surface area contributed by atoms with Gasteiger partial charge in [-0.05, 0) is 30.9 Å². The first-order chi connectivity index (χ1) is 8.99. The van der Waals surface area contributed by atoms with Crippen molar-refractivity contribution >= 4 is 39.5 Å². The lowest BCUT2D eigenvalue weighted by Gasteiger charge is -2.04. The van der Waals surface area contributed by atoms with Gasteiger partial charge < -0.3 is 11.1 Å². The molecule has 0 aromatic carbocycles. The second kappa shape index (κ2) is 5.54. The standard InChI is InChI=1S/C13H14N2O2S2/c1-7-8(2)19-13(11(7)12(14)17)15-10(16)6-9-4-3-5-18-9/h3-5H,6H2,1-2H3,(H2,14,17)(H,15,16). The molecule has 0 spiro atoms. The van der Waals surface area contributed by atoms with Crippen molar-refractivity contribution in [1.29, 1.82) is 0 Å². The highest BCUT2D eigenvalue weighted by Crippen LogP contribution is 2.32. The molecule has 0 radical (unpaired) electrons. The van der Waals surface area contributed by atoms with Crippen LogP contribution in [0.1, 0.15) is 25.7 Å². The number of hydrogen-bond donors (Lipinski definition) is 2. The molecule has 0 saturated heterocycles. The summed E-state index contributed by atoms with van der Waals surface area (Å²) in [7, 11) is 0. The van der Waals surface area contributed by atoms with Crippen molar-refractivity contribution in [3.63, 3.8) is 0 Å². The number of hydrogen-bond acceptors (Lipinski definition) is 4. The van der Waals surface area contributed by atoms with Crippen molar-refractivity contribution in [3.05, 3.63) is 38.4 Å². The molecule has 0 bridgehead atoms. The Balaban J connectivity index is 2.17. The predicted octanol–water partition coefficient (Wildman–Crippen LogP) is 2.71. The Hall–Kier alpha value is -1.66. The summed E-state index contributed by atoms with van der Waals surface area (Å²) in [5, 5.41) is 5.25. The monoisotopic (exact) mass is 294 g/mol. The summed E-state index contributed by atoms with van der Waals surface area (Å²) < 4.78 is 0. The zero-order valence-corrected chi connectivity index (χ0v) is 12.3. The fourth-order valence-corrected chi connectivity index (χ4v) is 3.54. The van der Waals surface area contributed by atoms with Crippen LogP contribution in [-0.4, -0.2) is 11.8 Å². The SMILES string of the molecule is Cc1sc(NC(=O)Cc2cccs2)c(C(N)=O)c1C. The van der Waals surface area contributed by atoms with E-state index in [1.54, 1.807) is 0 Å². The van der Waals surface area contributed by atoms with Crippen LogP contribution >= 0.6 is 22.7 Å². The second-order valence-electron chi connectivity index (χ2n) is 4.16. The predicted molar refractivity (Wildman–Crippen MR) is 79.0 cm³/mol. The number of aryl methyl sites for hydroxylation is 1. The van der Waals surface area contributed by atoms with E-state index in [2.05, 4.69) is 5.32 Å². The molecule has 0 saturated carbocycles. The van der Waals surface area contributed by atoms with E-state index in [9.17, 15) is 9.59 Å². The average molecular weight is 294 g/mol. The van der Waals surface area contributed by atoms with Crippen LogP contribution in [0.25, 0.3) is 0 Å². The lowest BCUT2D eigenvalue weighted by Crippen LogP contribution is -2.18. The van der Waals surface area contributed by atoms with Gasteiger partial charge in [-0.15, -0.1) is 22.7 Å². The number of nitrogens with two attached hydrogens (primary N) is 1. The summed E-state index contributed by atoms with van der Waals surface area (Å²) in [6.07, 6.45) is 0.311. The van der Waals surface area contributed by atoms with Gasteiger partial charge in [0.05, 0.1) is 12.0 Å². The Kier molecular flexibility index (Phi) is 4.01. The summed E-state index contributed by atoms with van der Waals surface area (Å²) in [6.45, 7) is 3.74. The number of thiophene rings is 2. The Morgan fingerprint density at radius 2 is 2.11 bits per heavy atom. The van der Waals surface area contributed by atoms with Crippen molar-refractivity contribution in [2.24, 2.45) is 5.73 Å². The minimum Gasteiger partial charge on any atom is -0.365 e. The molecular weight excluding hydrogens is 280 g/mol. The summed E-state index contributed by atoms with van der Waals surface area (Å²) in [4.78, 5) is 25.3. The molecule has 2 heterocycles. The summed E-state index contributed by atoms with van der Waals surface area (Å²) in [5.41, 5.74) is 6.61. The number of amides is 2. The van der Waals surface area contributed by atoms with Gasteiger partial charge in [0, 0.05) is 9.75 Å². The molecule has 3 N–H and O–H groups in total. The molecule has 0 aliphatic rings. The van der Waals surface area contributed by atoms with E-state index in [1.807, 2.05) is 31.4 Å². The third-order valence-electron chi connectivity index (χ3n) is 2.80. The maximum Gasteiger partial charge on any atom is 0.251 e. The zero-order valence-electron chi connectivity index (χ0n) is 10.6. The van der Waals surface area contributed by atoms with Crippen molar-refractivity contribution in [2.45, 2.75) is 20.3 Å². The molecule has 4 nitrogen and oxygen atoms in total. The topological polar surface area (TPSA) is 72.2 Å². The van der Waals surface area contributed by atoms with E-state index in [0.717, 1.165) is 15.3 Å². The van der Waals surface area contributed by atoms with Crippen molar-refractivity contribution in [2.75, 3.05) is 5.32 Å². The number of anilines is 1. The number of rotatable bonds is 4. The van der Waals surface area contributed by atoms with Crippen LogP contribution in [0.4, 0.5) is 5.00 Å². The molecule has 2 rings (SSSR count). The number of carbonyl (C=O) groups is 2. The smallest absolute Gasteiger partial charge is 0.251 e. The third kappa shape index (κ3) is 3.02. The van der Waals surface area contributed by atoms with E-state index >= 15 is 0 Å². The highest BCUT2D eigenvalue weighted by Gasteiger charge is 2.18. The van der Waals surface area contributed by atoms with Gasteiger partial charge in [0.1, 0.15) is 5.00 Å². The van der Waals surface area contributed by atoms with Crippen LogP contribution in [0.3, 0.4) is 0 Å². The molecular formula is C13H14N2O2S2. The average Bonchev–Trinajstić information content (AvgIpc) is 2.88. The molecule has 0 fully saturated rings. The van der Waals surface area contributed by atoms with Gasteiger partial charge >= 0.3 is 0 Å². The first-order valence-corrected chi connectivity index (χ1v) is 7.40. The minimum atomic E-state index is -0.506. The van der Waals surface area contributed by atoms with Crippen molar-refractivity contribution in [3.8, 4) is 0 Å².